The normalized spacial score (nSPS) is 16.9. The number of benzene rings is 1. The Hall–Kier alpha value is -2.44. The van der Waals surface area contributed by atoms with Gasteiger partial charge in [-0.15, -0.1) is 20.4 Å². The number of carbonyl (C=O) groups is 1. The third-order valence-corrected chi connectivity index (χ3v) is 6.29. The average molecular weight is 467 g/mol. The highest BCUT2D eigenvalue weighted by atomic mass is 32.2. The van der Waals surface area contributed by atoms with Crippen LogP contribution in [0.15, 0.2) is 22.4 Å². The maximum atomic E-state index is 12.0. The fourth-order valence-corrected chi connectivity index (χ4v) is 4.32. The van der Waals surface area contributed by atoms with E-state index >= 15 is 0 Å². The van der Waals surface area contributed by atoms with Crippen LogP contribution in [0.1, 0.15) is 54.9 Å². The molecule has 1 aromatic heterocycles. The molecule has 2 N–H and O–H groups in total. The summed E-state index contributed by atoms with van der Waals surface area (Å²) in [5.41, 5.74) is 2.88. The number of carbonyl (C=O) groups excluding carboxylic acids is 1. The highest BCUT2D eigenvalue weighted by molar-refractivity contribution is 7.80. The SMILES string of the molecule is CCCCOC(=O)c1nnc(N=Nc2cc3c(cc2NS(=O)O)N(C)C(CC)CC3)s1. The number of anilines is 2. The first-order valence-corrected chi connectivity index (χ1v) is 12.0. The van der Waals surface area contributed by atoms with Crippen LogP contribution in [0.5, 0.6) is 0 Å². The summed E-state index contributed by atoms with van der Waals surface area (Å²) >= 11 is -1.29. The Morgan fingerprint density at radius 2 is 2.19 bits per heavy atom. The lowest BCUT2D eigenvalue weighted by molar-refractivity contribution is 0.0498. The van der Waals surface area contributed by atoms with Gasteiger partial charge in [0.2, 0.25) is 5.01 Å². The molecule has 0 radical (unpaired) electrons. The molecule has 168 valence electrons. The van der Waals surface area contributed by atoms with Gasteiger partial charge < -0.3 is 9.64 Å². The number of unbranched alkanes of at least 4 members (excludes halogenated alkanes) is 1. The molecule has 0 spiro atoms. The smallest absolute Gasteiger partial charge is 0.369 e. The van der Waals surface area contributed by atoms with Crippen LogP contribution in [0.3, 0.4) is 0 Å². The largest absolute Gasteiger partial charge is 0.460 e. The number of esters is 1. The van der Waals surface area contributed by atoms with Crippen molar-refractivity contribution < 1.29 is 18.3 Å². The molecule has 1 aliphatic rings. The summed E-state index contributed by atoms with van der Waals surface area (Å²) in [4.78, 5) is 14.1. The van der Waals surface area contributed by atoms with E-state index in [9.17, 15) is 13.6 Å². The minimum Gasteiger partial charge on any atom is -0.460 e. The maximum Gasteiger partial charge on any atom is 0.369 e. The number of fused-ring (bicyclic) bond motifs is 1. The van der Waals surface area contributed by atoms with Crippen molar-refractivity contribution in [1.29, 1.82) is 0 Å². The molecule has 2 heterocycles. The van der Waals surface area contributed by atoms with Crippen LogP contribution in [0.2, 0.25) is 0 Å². The zero-order valence-corrected chi connectivity index (χ0v) is 19.3. The van der Waals surface area contributed by atoms with Gasteiger partial charge >= 0.3 is 5.97 Å². The zero-order chi connectivity index (χ0) is 22.4. The lowest BCUT2D eigenvalue weighted by Gasteiger charge is -2.36. The van der Waals surface area contributed by atoms with Crippen molar-refractivity contribution >= 4 is 50.8 Å². The summed E-state index contributed by atoms with van der Waals surface area (Å²) in [7, 11) is 2.02. The number of aryl methyl sites for hydroxylation is 1. The van der Waals surface area contributed by atoms with Crippen LogP contribution < -0.4 is 9.62 Å². The lowest BCUT2D eigenvalue weighted by atomic mass is 9.94. The summed E-state index contributed by atoms with van der Waals surface area (Å²) in [5, 5.41) is 16.2. The maximum absolute atomic E-state index is 12.0. The average Bonchev–Trinajstić information content (AvgIpc) is 3.22. The number of nitrogens with one attached hydrogen (secondary N) is 1. The molecule has 3 rings (SSSR count). The number of ether oxygens (including phenoxy) is 1. The van der Waals surface area contributed by atoms with E-state index in [1.165, 1.54) is 0 Å². The fourth-order valence-electron chi connectivity index (χ4n) is 3.40. The van der Waals surface area contributed by atoms with E-state index in [4.69, 9.17) is 4.74 Å². The van der Waals surface area contributed by atoms with Crippen LogP contribution in [0.4, 0.5) is 22.2 Å². The Morgan fingerprint density at radius 1 is 1.39 bits per heavy atom. The Bertz CT molecular complexity index is 980. The molecule has 0 saturated heterocycles. The number of azo groups is 1. The summed E-state index contributed by atoms with van der Waals surface area (Å²) in [6, 6.07) is 4.09. The van der Waals surface area contributed by atoms with E-state index in [2.05, 4.69) is 37.0 Å². The molecule has 0 bridgehead atoms. The minimum absolute atomic E-state index is 0.109. The summed E-state index contributed by atoms with van der Waals surface area (Å²) in [6.07, 6.45) is 4.64. The highest BCUT2D eigenvalue weighted by Gasteiger charge is 2.24. The van der Waals surface area contributed by atoms with Crippen molar-refractivity contribution in [3.63, 3.8) is 0 Å². The monoisotopic (exact) mass is 466 g/mol. The third kappa shape index (κ3) is 5.83. The molecule has 0 aliphatic carbocycles. The standard InChI is InChI=1S/C19H26N6O4S2/c1-4-6-9-29-18(26)17-21-23-19(30-17)22-20-14-10-12-7-8-13(5-2)25(3)16(12)11-15(14)24-31(27)28/h10-11,13,24H,4-9H2,1-3H3,(H,27,28). The van der Waals surface area contributed by atoms with Crippen LogP contribution in [-0.4, -0.2) is 44.6 Å². The van der Waals surface area contributed by atoms with Gasteiger partial charge in [-0.2, -0.15) is 0 Å². The molecule has 2 atom stereocenters. The molecule has 10 nitrogen and oxygen atoms in total. The van der Waals surface area contributed by atoms with Gasteiger partial charge in [0.25, 0.3) is 16.4 Å². The van der Waals surface area contributed by atoms with Gasteiger partial charge in [-0.3, -0.25) is 9.27 Å². The van der Waals surface area contributed by atoms with E-state index in [0.29, 0.717) is 24.0 Å². The second-order valence-electron chi connectivity index (χ2n) is 7.14. The van der Waals surface area contributed by atoms with Gasteiger partial charge in [-0.1, -0.05) is 31.6 Å². The van der Waals surface area contributed by atoms with E-state index in [1.807, 2.05) is 26.1 Å². The zero-order valence-electron chi connectivity index (χ0n) is 17.7. The van der Waals surface area contributed by atoms with Crippen molar-refractivity contribution in [2.75, 3.05) is 23.3 Å². The Morgan fingerprint density at radius 3 is 2.90 bits per heavy atom. The minimum atomic E-state index is -2.26. The van der Waals surface area contributed by atoms with Crippen LogP contribution in [0.25, 0.3) is 0 Å². The first kappa shape index (κ1) is 23.2. The predicted molar refractivity (Wildman–Crippen MR) is 121 cm³/mol. The second-order valence-corrected chi connectivity index (χ2v) is 8.80. The Labute approximate surface area is 187 Å². The molecule has 1 aliphatic heterocycles. The van der Waals surface area contributed by atoms with Crippen molar-refractivity contribution in [1.82, 2.24) is 10.2 Å². The van der Waals surface area contributed by atoms with Gasteiger partial charge in [-0.05, 0) is 43.4 Å². The van der Waals surface area contributed by atoms with Gasteiger partial charge in [0.05, 0.1) is 12.3 Å². The van der Waals surface area contributed by atoms with Crippen LogP contribution in [-0.2, 0) is 22.4 Å². The van der Waals surface area contributed by atoms with E-state index in [1.54, 1.807) is 0 Å². The number of nitrogens with zero attached hydrogens (tertiary/aromatic N) is 5. The first-order chi connectivity index (χ1) is 14.9. The molecule has 12 heteroatoms. The van der Waals surface area contributed by atoms with Crippen LogP contribution in [0, 0.1) is 0 Å². The molecule has 2 unspecified atom stereocenters. The first-order valence-electron chi connectivity index (χ1n) is 10.1. The van der Waals surface area contributed by atoms with E-state index in [0.717, 1.165) is 54.7 Å². The Kier molecular flexibility index (Phi) is 8.04. The molecule has 0 saturated carbocycles. The van der Waals surface area contributed by atoms with Crippen molar-refractivity contribution in [2.45, 2.75) is 52.0 Å². The number of hydrogen-bond acceptors (Lipinski definition) is 9. The topological polar surface area (TPSA) is 129 Å². The van der Waals surface area contributed by atoms with Gasteiger partial charge in [0.15, 0.2) is 0 Å². The summed E-state index contributed by atoms with van der Waals surface area (Å²) < 4.78 is 28.4. The fraction of sp³-hybridized carbons (Fsp3) is 0.526. The predicted octanol–water partition coefficient (Wildman–Crippen LogP) is 4.62. The summed E-state index contributed by atoms with van der Waals surface area (Å²) in [6.45, 7) is 4.49. The van der Waals surface area contributed by atoms with Gasteiger partial charge in [0, 0.05) is 18.8 Å². The number of rotatable bonds is 9. The van der Waals surface area contributed by atoms with Crippen molar-refractivity contribution in [2.24, 2.45) is 10.2 Å². The molecular weight excluding hydrogens is 440 g/mol. The third-order valence-electron chi connectivity index (χ3n) is 5.10. The van der Waals surface area contributed by atoms with Crippen molar-refractivity contribution in [3.8, 4) is 0 Å². The lowest BCUT2D eigenvalue weighted by Crippen LogP contribution is -2.35. The van der Waals surface area contributed by atoms with Gasteiger partial charge in [0.1, 0.15) is 5.69 Å². The van der Waals surface area contributed by atoms with E-state index < -0.39 is 17.2 Å². The number of aromatic nitrogens is 2. The molecule has 1 aromatic carbocycles. The molecule has 0 amide bonds. The second kappa shape index (κ2) is 10.7. The Balaban J connectivity index is 1.83. The van der Waals surface area contributed by atoms with E-state index in [-0.39, 0.29) is 10.1 Å². The molecule has 2 aromatic rings. The number of hydrogen-bond donors (Lipinski definition) is 2. The molecular formula is C19H26N6O4S2. The highest BCUT2D eigenvalue weighted by Crippen LogP contribution is 2.39. The van der Waals surface area contributed by atoms with Crippen LogP contribution >= 0.6 is 11.3 Å². The quantitative estimate of drug-likeness (QED) is 0.239. The van der Waals surface area contributed by atoms with Gasteiger partial charge in [-0.25, -0.2) is 9.00 Å². The van der Waals surface area contributed by atoms with Crippen molar-refractivity contribution in [3.05, 3.63) is 22.7 Å². The summed E-state index contributed by atoms with van der Waals surface area (Å²) in [5.74, 6) is -0.535. The molecule has 31 heavy (non-hydrogen) atoms. The molecule has 0 fully saturated rings.